The number of esters is 1. The number of hydrogen-bond acceptors (Lipinski definition) is 8. The Kier molecular flexibility index (Phi) is 6.27. The molecule has 0 fully saturated rings. The maximum atomic E-state index is 12.5. The first-order chi connectivity index (χ1) is 15.9. The Labute approximate surface area is 192 Å². The first kappa shape index (κ1) is 21.9. The van der Waals surface area contributed by atoms with Gasteiger partial charge in [-0.3, -0.25) is 9.59 Å². The molecule has 33 heavy (non-hydrogen) atoms. The number of fused-ring (bicyclic) bond motifs is 1. The van der Waals surface area contributed by atoms with Gasteiger partial charge in [0.25, 0.3) is 5.91 Å². The third kappa shape index (κ3) is 5.13. The van der Waals surface area contributed by atoms with Crippen molar-refractivity contribution in [3.05, 3.63) is 77.5 Å². The number of thiazole rings is 1. The third-order valence-corrected chi connectivity index (χ3v) is 5.55. The van der Waals surface area contributed by atoms with E-state index in [9.17, 15) is 14.4 Å². The fourth-order valence-electron chi connectivity index (χ4n) is 3.02. The smallest absolute Gasteiger partial charge is 0.337 e. The van der Waals surface area contributed by atoms with E-state index in [0.29, 0.717) is 22.0 Å². The van der Waals surface area contributed by atoms with Crippen molar-refractivity contribution in [2.45, 2.75) is 6.42 Å². The van der Waals surface area contributed by atoms with Crippen LogP contribution in [-0.2, 0) is 16.0 Å². The molecule has 2 heterocycles. The van der Waals surface area contributed by atoms with Gasteiger partial charge in [-0.15, -0.1) is 0 Å². The number of methoxy groups -OCH3 is 1. The zero-order valence-electron chi connectivity index (χ0n) is 17.4. The molecular formula is C23H18N4O5S. The number of amides is 2. The van der Waals surface area contributed by atoms with Gasteiger partial charge in [0.2, 0.25) is 11.8 Å². The quantitative estimate of drug-likeness (QED) is 0.401. The van der Waals surface area contributed by atoms with Gasteiger partial charge in [-0.25, -0.2) is 14.8 Å². The Morgan fingerprint density at radius 3 is 2.61 bits per heavy atom. The van der Waals surface area contributed by atoms with Gasteiger partial charge in [-0.2, -0.15) is 0 Å². The van der Waals surface area contributed by atoms with E-state index in [2.05, 4.69) is 15.3 Å². The number of anilines is 1. The number of benzene rings is 2. The minimum atomic E-state index is -0.636. The molecule has 3 N–H and O–H groups in total. The van der Waals surface area contributed by atoms with Crippen LogP contribution in [-0.4, -0.2) is 34.9 Å². The van der Waals surface area contributed by atoms with Gasteiger partial charge in [0.05, 0.1) is 29.3 Å². The lowest BCUT2D eigenvalue weighted by Gasteiger charge is -2.08. The molecule has 0 unspecified atom stereocenters. The first-order valence-electron chi connectivity index (χ1n) is 9.73. The predicted molar refractivity (Wildman–Crippen MR) is 123 cm³/mol. The monoisotopic (exact) mass is 462 g/mol. The molecular weight excluding hydrogens is 444 g/mol. The molecule has 0 saturated heterocycles. The Morgan fingerprint density at radius 2 is 1.88 bits per heavy atom. The van der Waals surface area contributed by atoms with Crippen LogP contribution in [0.1, 0.15) is 26.3 Å². The summed E-state index contributed by atoms with van der Waals surface area (Å²) in [5.74, 6) is -0.758. The lowest BCUT2D eigenvalue weighted by molar-refractivity contribution is -0.115. The number of aromatic nitrogens is 2. The highest BCUT2D eigenvalue weighted by Crippen LogP contribution is 2.27. The molecule has 2 aromatic heterocycles. The van der Waals surface area contributed by atoms with Crippen molar-refractivity contribution in [3.8, 4) is 11.6 Å². The topological polar surface area (TPSA) is 134 Å². The van der Waals surface area contributed by atoms with Crippen LogP contribution < -0.4 is 15.8 Å². The largest absolute Gasteiger partial charge is 0.465 e. The van der Waals surface area contributed by atoms with Crippen LogP contribution in [0, 0.1) is 0 Å². The maximum Gasteiger partial charge on any atom is 0.337 e. The summed E-state index contributed by atoms with van der Waals surface area (Å²) in [7, 11) is 1.31. The number of ether oxygens (including phenoxy) is 2. The lowest BCUT2D eigenvalue weighted by atomic mass is 10.1. The van der Waals surface area contributed by atoms with E-state index in [4.69, 9.17) is 15.2 Å². The van der Waals surface area contributed by atoms with E-state index in [-0.39, 0.29) is 23.8 Å². The molecule has 0 saturated carbocycles. The second-order valence-electron chi connectivity index (χ2n) is 6.88. The summed E-state index contributed by atoms with van der Waals surface area (Å²) < 4.78 is 11.2. The normalized spacial score (nSPS) is 10.6. The number of nitrogens with two attached hydrogens (primary N) is 1. The van der Waals surface area contributed by atoms with Gasteiger partial charge in [0, 0.05) is 6.20 Å². The number of rotatable bonds is 7. The highest BCUT2D eigenvalue weighted by Gasteiger charge is 2.13. The highest BCUT2D eigenvalue weighted by atomic mass is 32.1. The van der Waals surface area contributed by atoms with Crippen LogP contribution in [0.25, 0.3) is 10.2 Å². The first-order valence-corrected chi connectivity index (χ1v) is 10.5. The summed E-state index contributed by atoms with van der Waals surface area (Å²) in [5, 5.41) is 3.21. The molecule has 9 nitrogen and oxygen atoms in total. The summed E-state index contributed by atoms with van der Waals surface area (Å²) in [6.07, 6.45) is 1.62. The molecule has 0 spiro atoms. The molecule has 0 aliphatic heterocycles. The van der Waals surface area contributed by atoms with E-state index in [1.165, 1.54) is 30.7 Å². The SMILES string of the molecule is COC(=O)c1ccc2sc(NC(=O)Cc3ccc(Oc4ncccc4C(N)=O)cc3)nc2c1. The molecule has 4 aromatic rings. The van der Waals surface area contributed by atoms with E-state index >= 15 is 0 Å². The molecule has 2 aromatic carbocycles. The molecule has 0 aliphatic rings. The van der Waals surface area contributed by atoms with Crippen LogP contribution >= 0.6 is 11.3 Å². The summed E-state index contributed by atoms with van der Waals surface area (Å²) in [6.45, 7) is 0. The van der Waals surface area contributed by atoms with Crippen LogP contribution in [0.2, 0.25) is 0 Å². The van der Waals surface area contributed by atoms with Crippen molar-refractivity contribution in [2.75, 3.05) is 12.4 Å². The minimum absolute atomic E-state index is 0.113. The minimum Gasteiger partial charge on any atom is -0.465 e. The summed E-state index contributed by atoms with van der Waals surface area (Å²) in [5.41, 5.74) is 7.26. The van der Waals surface area contributed by atoms with Gasteiger partial charge < -0.3 is 20.5 Å². The van der Waals surface area contributed by atoms with Crippen LogP contribution in [0.4, 0.5) is 5.13 Å². The van der Waals surface area contributed by atoms with Crippen molar-refractivity contribution < 1.29 is 23.9 Å². The number of carbonyl (C=O) groups excluding carboxylic acids is 3. The van der Waals surface area contributed by atoms with Gasteiger partial charge in [0.1, 0.15) is 11.3 Å². The predicted octanol–water partition coefficient (Wildman–Crippen LogP) is 3.55. The van der Waals surface area contributed by atoms with E-state index in [1.54, 1.807) is 48.5 Å². The van der Waals surface area contributed by atoms with Gasteiger partial charge >= 0.3 is 5.97 Å². The summed E-state index contributed by atoms with van der Waals surface area (Å²) in [6, 6.07) is 15.0. The third-order valence-electron chi connectivity index (χ3n) is 4.59. The average Bonchev–Trinajstić information content (AvgIpc) is 3.21. The summed E-state index contributed by atoms with van der Waals surface area (Å²) in [4.78, 5) is 44.0. The molecule has 0 radical (unpaired) electrons. The number of hydrogen-bond donors (Lipinski definition) is 2. The van der Waals surface area contributed by atoms with Crippen molar-refractivity contribution >= 4 is 44.5 Å². The van der Waals surface area contributed by atoms with Crippen LogP contribution in [0.5, 0.6) is 11.6 Å². The zero-order chi connectivity index (χ0) is 23.4. The zero-order valence-corrected chi connectivity index (χ0v) is 18.2. The molecule has 2 amide bonds. The van der Waals surface area contributed by atoms with Crippen molar-refractivity contribution in [2.24, 2.45) is 5.73 Å². The second kappa shape index (κ2) is 9.45. The number of primary amides is 1. The standard InChI is InChI=1S/C23H18N4O5S/c1-31-22(30)14-6-9-18-17(12-14)26-23(33-18)27-19(28)11-13-4-7-15(8-5-13)32-21-16(20(24)29)3-2-10-25-21/h2-10,12H,11H2,1H3,(H2,24,29)(H,26,27,28). The lowest BCUT2D eigenvalue weighted by Crippen LogP contribution is -2.14. The van der Waals surface area contributed by atoms with Crippen LogP contribution in [0.3, 0.4) is 0 Å². The van der Waals surface area contributed by atoms with Crippen LogP contribution in [0.15, 0.2) is 60.8 Å². The molecule has 0 bridgehead atoms. The van der Waals surface area contributed by atoms with E-state index in [0.717, 1.165) is 10.3 Å². The Bertz CT molecular complexity index is 1350. The Hall–Kier alpha value is -4.31. The molecule has 0 aliphatic carbocycles. The molecule has 10 heteroatoms. The van der Waals surface area contributed by atoms with Crippen molar-refractivity contribution in [1.82, 2.24) is 9.97 Å². The highest BCUT2D eigenvalue weighted by molar-refractivity contribution is 7.22. The van der Waals surface area contributed by atoms with Crippen molar-refractivity contribution in [1.29, 1.82) is 0 Å². The molecule has 166 valence electrons. The average molecular weight is 462 g/mol. The fourth-order valence-corrected chi connectivity index (χ4v) is 3.88. The maximum absolute atomic E-state index is 12.5. The molecule has 4 rings (SSSR count). The van der Waals surface area contributed by atoms with E-state index < -0.39 is 11.9 Å². The molecule has 0 atom stereocenters. The second-order valence-corrected chi connectivity index (χ2v) is 7.92. The number of pyridine rings is 1. The number of nitrogens with one attached hydrogen (secondary N) is 1. The van der Waals surface area contributed by atoms with Gasteiger partial charge in [-0.1, -0.05) is 23.5 Å². The fraction of sp³-hybridized carbons (Fsp3) is 0.0870. The van der Waals surface area contributed by atoms with Gasteiger partial charge in [0.15, 0.2) is 5.13 Å². The Morgan fingerprint density at radius 1 is 1.09 bits per heavy atom. The summed E-state index contributed by atoms with van der Waals surface area (Å²) >= 11 is 1.31. The van der Waals surface area contributed by atoms with Crippen molar-refractivity contribution in [3.63, 3.8) is 0 Å². The number of carbonyl (C=O) groups is 3. The van der Waals surface area contributed by atoms with E-state index in [1.807, 2.05) is 0 Å². The van der Waals surface area contributed by atoms with Gasteiger partial charge in [-0.05, 0) is 48.0 Å². The number of nitrogens with zero attached hydrogens (tertiary/aromatic N) is 2. The Balaban J connectivity index is 1.40.